The van der Waals surface area contributed by atoms with E-state index in [1.54, 1.807) is 0 Å². The Hall–Kier alpha value is -0.650. The molecule has 0 spiro atoms. The van der Waals surface area contributed by atoms with Gasteiger partial charge in [-0.05, 0) is 32.2 Å². The van der Waals surface area contributed by atoms with Gasteiger partial charge in [0.05, 0.1) is 6.61 Å². The second-order valence-corrected chi connectivity index (χ2v) is 4.94. The number of nitrogens with zero attached hydrogens (tertiary/aromatic N) is 2. The quantitative estimate of drug-likeness (QED) is 0.904. The minimum absolute atomic E-state index is 0. The molecule has 2 fully saturated rings. The van der Waals surface area contributed by atoms with Gasteiger partial charge in [-0.1, -0.05) is 5.16 Å². The van der Waals surface area contributed by atoms with E-state index in [1.165, 1.54) is 12.8 Å². The SMILES string of the molecule is C1CNC(CCc2nc(C3CCOC3)no2)C1.Cl. The van der Waals surface area contributed by atoms with Crippen molar-refractivity contribution in [3.63, 3.8) is 0 Å². The number of nitrogens with one attached hydrogen (secondary N) is 1. The maximum atomic E-state index is 5.33. The largest absolute Gasteiger partial charge is 0.381 e. The molecule has 2 unspecified atom stereocenters. The van der Waals surface area contributed by atoms with Gasteiger partial charge in [0.1, 0.15) is 0 Å². The summed E-state index contributed by atoms with van der Waals surface area (Å²) in [5.74, 6) is 1.95. The molecule has 0 amide bonds. The minimum Gasteiger partial charge on any atom is -0.381 e. The third-order valence-electron chi connectivity index (χ3n) is 3.65. The lowest BCUT2D eigenvalue weighted by molar-refractivity contribution is 0.192. The lowest BCUT2D eigenvalue weighted by atomic mass is 10.1. The van der Waals surface area contributed by atoms with Crippen LogP contribution in [0.5, 0.6) is 0 Å². The van der Waals surface area contributed by atoms with E-state index in [0.717, 1.165) is 50.7 Å². The molecule has 2 saturated heterocycles. The Morgan fingerprint density at radius 1 is 1.33 bits per heavy atom. The van der Waals surface area contributed by atoms with Crippen molar-refractivity contribution in [2.75, 3.05) is 19.8 Å². The lowest BCUT2D eigenvalue weighted by Gasteiger charge is -2.06. The summed E-state index contributed by atoms with van der Waals surface area (Å²) in [7, 11) is 0. The lowest BCUT2D eigenvalue weighted by Crippen LogP contribution is -2.21. The molecule has 3 heterocycles. The van der Waals surface area contributed by atoms with Crippen LogP contribution in [0.2, 0.25) is 0 Å². The van der Waals surface area contributed by atoms with Gasteiger partial charge in [0.15, 0.2) is 5.82 Å². The molecule has 0 bridgehead atoms. The van der Waals surface area contributed by atoms with E-state index < -0.39 is 0 Å². The van der Waals surface area contributed by atoms with E-state index in [0.29, 0.717) is 12.0 Å². The molecule has 2 aliphatic rings. The first-order valence-electron chi connectivity index (χ1n) is 6.55. The van der Waals surface area contributed by atoms with E-state index in [2.05, 4.69) is 15.5 Å². The Balaban J connectivity index is 0.00000120. The molecule has 0 radical (unpaired) electrons. The van der Waals surface area contributed by atoms with Crippen molar-refractivity contribution in [3.8, 4) is 0 Å². The van der Waals surface area contributed by atoms with Crippen LogP contribution in [-0.2, 0) is 11.2 Å². The number of hydrogen-bond donors (Lipinski definition) is 1. The van der Waals surface area contributed by atoms with Gasteiger partial charge >= 0.3 is 0 Å². The van der Waals surface area contributed by atoms with E-state index >= 15 is 0 Å². The summed E-state index contributed by atoms with van der Waals surface area (Å²) in [5, 5.41) is 7.54. The van der Waals surface area contributed by atoms with E-state index in [-0.39, 0.29) is 12.4 Å². The van der Waals surface area contributed by atoms with Crippen LogP contribution in [0, 0.1) is 0 Å². The Morgan fingerprint density at radius 3 is 3.00 bits per heavy atom. The topological polar surface area (TPSA) is 60.2 Å². The van der Waals surface area contributed by atoms with Crippen LogP contribution >= 0.6 is 12.4 Å². The predicted octanol–water partition coefficient (Wildman–Crippen LogP) is 1.68. The van der Waals surface area contributed by atoms with E-state index in [4.69, 9.17) is 9.26 Å². The molecule has 5 nitrogen and oxygen atoms in total. The highest BCUT2D eigenvalue weighted by Crippen LogP contribution is 2.22. The number of hydrogen-bond acceptors (Lipinski definition) is 5. The predicted molar refractivity (Wildman–Crippen MR) is 69.1 cm³/mol. The Morgan fingerprint density at radius 2 is 2.28 bits per heavy atom. The molecule has 18 heavy (non-hydrogen) atoms. The van der Waals surface area contributed by atoms with Crippen molar-refractivity contribution in [3.05, 3.63) is 11.7 Å². The molecule has 0 aliphatic carbocycles. The second-order valence-electron chi connectivity index (χ2n) is 4.94. The molecular formula is C12H20ClN3O2. The Bertz CT molecular complexity index is 360. The molecule has 3 rings (SSSR count). The van der Waals surface area contributed by atoms with Gasteiger partial charge in [0.2, 0.25) is 5.89 Å². The van der Waals surface area contributed by atoms with Gasteiger partial charge in [-0.15, -0.1) is 12.4 Å². The van der Waals surface area contributed by atoms with Gasteiger partial charge < -0.3 is 14.6 Å². The third kappa shape index (κ3) is 3.22. The van der Waals surface area contributed by atoms with Crippen molar-refractivity contribution in [2.45, 2.75) is 44.1 Å². The number of rotatable bonds is 4. The maximum Gasteiger partial charge on any atom is 0.226 e. The molecule has 2 aliphatic heterocycles. The summed E-state index contributed by atoms with van der Waals surface area (Å²) in [6.07, 6.45) is 5.57. The fourth-order valence-electron chi connectivity index (χ4n) is 2.57. The maximum absolute atomic E-state index is 5.33. The number of aryl methyl sites for hydroxylation is 1. The highest BCUT2D eigenvalue weighted by molar-refractivity contribution is 5.85. The van der Waals surface area contributed by atoms with Crippen molar-refractivity contribution >= 4 is 12.4 Å². The minimum atomic E-state index is 0. The van der Waals surface area contributed by atoms with E-state index in [9.17, 15) is 0 Å². The highest BCUT2D eigenvalue weighted by Gasteiger charge is 2.23. The fourth-order valence-corrected chi connectivity index (χ4v) is 2.57. The van der Waals surface area contributed by atoms with Gasteiger partial charge in [0.25, 0.3) is 0 Å². The first kappa shape index (κ1) is 13.8. The zero-order chi connectivity index (χ0) is 11.5. The summed E-state index contributed by atoms with van der Waals surface area (Å²) in [6.45, 7) is 2.71. The molecule has 1 N–H and O–H groups in total. The van der Waals surface area contributed by atoms with Crippen LogP contribution in [0.3, 0.4) is 0 Å². The van der Waals surface area contributed by atoms with Crippen molar-refractivity contribution in [1.29, 1.82) is 0 Å². The molecule has 1 aromatic rings. The van der Waals surface area contributed by atoms with Crippen molar-refractivity contribution in [1.82, 2.24) is 15.5 Å². The average Bonchev–Trinajstić information content (AvgIpc) is 3.09. The van der Waals surface area contributed by atoms with Crippen LogP contribution in [0.1, 0.15) is 43.3 Å². The van der Waals surface area contributed by atoms with Crippen LogP contribution in [0.4, 0.5) is 0 Å². The van der Waals surface area contributed by atoms with Gasteiger partial charge in [0, 0.05) is 25.0 Å². The first-order valence-corrected chi connectivity index (χ1v) is 6.55. The number of ether oxygens (including phenoxy) is 1. The molecule has 1 aromatic heterocycles. The zero-order valence-electron chi connectivity index (χ0n) is 10.4. The normalized spacial score (nSPS) is 27.3. The molecule has 0 aromatic carbocycles. The standard InChI is InChI=1S/C12H19N3O2.ClH/c1-2-10(13-6-1)3-4-11-14-12(15-17-11)9-5-7-16-8-9;/h9-10,13H,1-8H2;1H. The average molecular weight is 274 g/mol. The molecule has 2 atom stereocenters. The highest BCUT2D eigenvalue weighted by atomic mass is 35.5. The Kier molecular flexibility index (Phi) is 4.97. The van der Waals surface area contributed by atoms with Crippen LogP contribution in [-0.4, -0.2) is 35.9 Å². The van der Waals surface area contributed by atoms with E-state index in [1.807, 2.05) is 0 Å². The smallest absolute Gasteiger partial charge is 0.226 e. The number of aromatic nitrogens is 2. The summed E-state index contributed by atoms with van der Waals surface area (Å²) in [6, 6.07) is 0.639. The molecular weight excluding hydrogens is 254 g/mol. The fraction of sp³-hybridized carbons (Fsp3) is 0.833. The second kappa shape index (κ2) is 6.50. The molecule has 102 valence electrons. The van der Waals surface area contributed by atoms with Gasteiger partial charge in [-0.3, -0.25) is 0 Å². The zero-order valence-corrected chi connectivity index (χ0v) is 11.2. The summed E-state index contributed by atoms with van der Waals surface area (Å²) >= 11 is 0. The molecule has 6 heteroatoms. The number of halogens is 1. The Labute approximate surface area is 113 Å². The first-order chi connectivity index (χ1) is 8.42. The van der Waals surface area contributed by atoms with Gasteiger partial charge in [-0.2, -0.15) is 4.98 Å². The monoisotopic (exact) mass is 273 g/mol. The van der Waals surface area contributed by atoms with Crippen molar-refractivity contribution < 1.29 is 9.26 Å². The van der Waals surface area contributed by atoms with Crippen molar-refractivity contribution in [2.24, 2.45) is 0 Å². The van der Waals surface area contributed by atoms with Crippen LogP contribution < -0.4 is 5.32 Å². The summed E-state index contributed by atoms with van der Waals surface area (Å²) in [4.78, 5) is 4.47. The van der Waals surface area contributed by atoms with Crippen LogP contribution in [0.25, 0.3) is 0 Å². The third-order valence-corrected chi connectivity index (χ3v) is 3.65. The van der Waals surface area contributed by atoms with Crippen LogP contribution in [0.15, 0.2) is 4.52 Å². The van der Waals surface area contributed by atoms with Gasteiger partial charge in [-0.25, -0.2) is 0 Å². The summed E-state index contributed by atoms with van der Waals surface area (Å²) in [5.41, 5.74) is 0. The summed E-state index contributed by atoms with van der Waals surface area (Å²) < 4.78 is 10.6. The molecule has 0 saturated carbocycles.